The van der Waals surface area contributed by atoms with E-state index in [1.165, 1.54) is 12.1 Å². The maximum absolute atomic E-state index is 12.8. The van der Waals surface area contributed by atoms with Crippen LogP contribution in [-0.2, 0) is 11.2 Å². The Morgan fingerprint density at radius 1 is 1.50 bits per heavy atom. The number of nitrogens with one attached hydrogen (secondary N) is 1. The molecule has 20 heavy (non-hydrogen) atoms. The first-order valence-electron chi connectivity index (χ1n) is 6.92. The number of benzene rings is 1. The Bertz CT molecular complexity index is 526. The van der Waals surface area contributed by atoms with E-state index in [1.807, 2.05) is 13.8 Å². The van der Waals surface area contributed by atoms with Crippen LogP contribution in [-0.4, -0.2) is 11.9 Å². The maximum atomic E-state index is 12.8. The van der Waals surface area contributed by atoms with Crippen molar-refractivity contribution in [3.05, 3.63) is 35.6 Å². The number of amides is 1. The minimum Gasteiger partial charge on any atom is -0.352 e. The number of hydrogen-bond donors (Lipinski definition) is 1. The second-order valence-electron chi connectivity index (χ2n) is 5.91. The molecule has 1 aliphatic rings. The first kappa shape index (κ1) is 14.5. The number of nitriles is 1. The molecule has 1 aliphatic carbocycles. The molecule has 1 unspecified atom stereocenters. The van der Waals surface area contributed by atoms with Crippen LogP contribution in [0.4, 0.5) is 4.39 Å². The van der Waals surface area contributed by atoms with E-state index in [4.69, 9.17) is 0 Å². The standard InChI is InChI=1S/C16H19FN2O/c1-11-8-16(9-11,10-18)15(20)19-12(2)7-13-3-5-14(17)6-4-13/h3-6,11-12H,7-9H2,1-2H3,(H,19,20). The molecule has 1 fully saturated rings. The maximum Gasteiger partial charge on any atom is 0.240 e. The first-order chi connectivity index (χ1) is 9.45. The van der Waals surface area contributed by atoms with Gasteiger partial charge < -0.3 is 5.32 Å². The molecule has 2 rings (SSSR count). The van der Waals surface area contributed by atoms with E-state index in [9.17, 15) is 14.4 Å². The fraction of sp³-hybridized carbons (Fsp3) is 0.500. The number of nitrogens with zero attached hydrogens (tertiary/aromatic N) is 1. The van der Waals surface area contributed by atoms with E-state index >= 15 is 0 Å². The van der Waals surface area contributed by atoms with Crippen LogP contribution < -0.4 is 5.32 Å². The molecule has 3 nitrogen and oxygen atoms in total. The molecule has 0 bridgehead atoms. The molecule has 0 spiro atoms. The van der Waals surface area contributed by atoms with Gasteiger partial charge in [0.05, 0.1) is 6.07 Å². The third kappa shape index (κ3) is 2.98. The summed E-state index contributed by atoms with van der Waals surface area (Å²) in [7, 11) is 0. The van der Waals surface area contributed by atoms with Crippen LogP contribution in [0.3, 0.4) is 0 Å². The topological polar surface area (TPSA) is 52.9 Å². The predicted molar refractivity (Wildman–Crippen MR) is 74.2 cm³/mol. The lowest BCUT2D eigenvalue weighted by Crippen LogP contribution is -2.50. The summed E-state index contributed by atoms with van der Waals surface area (Å²) in [4.78, 5) is 12.2. The fourth-order valence-electron chi connectivity index (χ4n) is 2.84. The number of rotatable bonds is 4. The number of hydrogen-bond acceptors (Lipinski definition) is 2. The zero-order valence-electron chi connectivity index (χ0n) is 11.8. The molecular formula is C16H19FN2O. The summed E-state index contributed by atoms with van der Waals surface area (Å²) >= 11 is 0. The van der Waals surface area contributed by atoms with E-state index in [1.54, 1.807) is 12.1 Å². The molecule has 0 aliphatic heterocycles. The van der Waals surface area contributed by atoms with Gasteiger partial charge in [-0.3, -0.25) is 4.79 Å². The average Bonchev–Trinajstić information content (AvgIpc) is 2.37. The molecule has 1 N–H and O–H groups in total. The predicted octanol–water partition coefficient (Wildman–Crippen LogP) is 2.81. The molecular weight excluding hydrogens is 255 g/mol. The normalized spacial score (nSPS) is 26.2. The summed E-state index contributed by atoms with van der Waals surface area (Å²) in [5.41, 5.74) is 0.128. The van der Waals surface area contributed by atoms with Gasteiger partial charge in [-0.25, -0.2) is 4.39 Å². The highest BCUT2D eigenvalue weighted by molar-refractivity contribution is 5.86. The lowest BCUT2D eigenvalue weighted by atomic mass is 9.63. The Morgan fingerprint density at radius 3 is 2.60 bits per heavy atom. The van der Waals surface area contributed by atoms with Gasteiger partial charge in [0.25, 0.3) is 0 Å². The Labute approximate surface area is 118 Å². The van der Waals surface area contributed by atoms with E-state index in [0.717, 1.165) is 5.56 Å². The van der Waals surface area contributed by atoms with Crippen molar-refractivity contribution >= 4 is 5.91 Å². The highest BCUT2D eigenvalue weighted by Crippen LogP contribution is 2.45. The average molecular weight is 274 g/mol. The second-order valence-corrected chi connectivity index (χ2v) is 5.91. The van der Waals surface area contributed by atoms with E-state index in [0.29, 0.717) is 25.2 Å². The molecule has 0 heterocycles. The molecule has 1 atom stereocenters. The van der Waals surface area contributed by atoms with Crippen molar-refractivity contribution in [2.75, 3.05) is 0 Å². The van der Waals surface area contributed by atoms with Crippen LogP contribution >= 0.6 is 0 Å². The minimum absolute atomic E-state index is 0.0749. The van der Waals surface area contributed by atoms with Crippen molar-refractivity contribution in [3.8, 4) is 6.07 Å². The van der Waals surface area contributed by atoms with Gasteiger partial charge >= 0.3 is 0 Å². The lowest BCUT2D eigenvalue weighted by Gasteiger charge is -2.39. The Hall–Kier alpha value is -1.89. The van der Waals surface area contributed by atoms with Crippen LogP contribution in [0.1, 0.15) is 32.3 Å². The molecule has 1 aromatic carbocycles. The second kappa shape index (κ2) is 5.62. The quantitative estimate of drug-likeness (QED) is 0.918. The monoisotopic (exact) mass is 274 g/mol. The highest BCUT2D eigenvalue weighted by Gasteiger charge is 2.49. The molecule has 0 aromatic heterocycles. The van der Waals surface area contributed by atoms with Gasteiger partial charge in [-0.15, -0.1) is 0 Å². The zero-order chi connectivity index (χ0) is 14.8. The van der Waals surface area contributed by atoms with Crippen molar-refractivity contribution in [1.82, 2.24) is 5.32 Å². The summed E-state index contributed by atoms with van der Waals surface area (Å²) in [5, 5.41) is 12.1. The van der Waals surface area contributed by atoms with E-state index in [2.05, 4.69) is 11.4 Å². The number of carbonyl (C=O) groups is 1. The van der Waals surface area contributed by atoms with Gasteiger partial charge in [-0.2, -0.15) is 5.26 Å². The molecule has 0 saturated heterocycles. The van der Waals surface area contributed by atoms with Crippen molar-refractivity contribution in [2.24, 2.45) is 11.3 Å². The fourth-order valence-corrected chi connectivity index (χ4v) is 2.84. The molecule has 1 amide bonds. The van der Waals surface area contributed by atoms with Gasteiger partial charge in [0.2, 0.25) is 5.91 Å². The summed E-state index contributed by atoms with van der Waals surface area (Å²) < 4.78 is 12.8. The number of carbonyl (C=O) groups excluding carboxylic acids is 1. The summed E-state index contributed by atoms with van der Waals surface area (Å²) in [6.45, 7) is 3.94. The molecule has 1 aromatic rings. The van der Waals surface area contributed by atoms with Crippen molar-refractivity contribution < 1.29 is 9.18 Å². The Kier molecular flexibility index (Phi) is 4.08. The van der Waals surface area contributed by atoms with Gasteiger partial charge in [-0.1, -0.05) is 19.1 Å². The van der Waals surface area contributed by atoms with Crippen LogP contribution in [0, 0.1) is 28.5 Å². The molecule has 0 radical (unpaired) electrons. The molecule has 4 heteroatoms. The van der Waals surface area contributed by atoms with Crippen LogP contribution in [0.25, 0.3) is 0 Å². The Balaban J connectivity index is 1.91. The summed E-state index contributed by atoms with van der Waals surface area (Å²) in [6.07, 6.45) is 1.90. The highest BCUT2D eigenvalue weighted by atomic mass is 19.1. The van der Waals surface area contributed by atoms with Crippen LogP contribution in [0.2, 0.25) is 0 Å². The van der Waals surface area contributed by atoms with Gasteiger partial charge in [-0.05, 0) is 49.8 Å². The number of halogens is 1. The SMILES string of the molecule is CC1CC(C#N)(C(=O)NC(C)Cc2ccc(F)cc2)C1. The van der Waals surface area contributed by atoms with Gasteiger partial charge in [0.15, 0.2) is 0 Å². The van der Waals surface area contributed by atoms with E-state index in [-0.39, 0.29) is 17.8 Å². The van der Waals surface area contributed by atoms with Crippen molar-refractivity contribution in [1.29, 1.82) is 5.26 Å². The molecule has 1 saturated carbocycles. The summed E-state index contributed by atoms with van der Waals surface area (Å²) in [6, 6.07) is 8.33. The lowest BCUT2D eigenvalue weighted by molar-refractivity contribution is -0.134. The first-order valence-corrected chi connectivity index (χ1v) is 6.92. The summed E-state index contributed by atoms with van der Waals surface area (Å²) in [5.74, 6) is -0.00200. The largest absolute Gasteiger partial charge is 0.352 e. The minimum atomic E-state index is -0.837. The van der Waals surface area contributed by atoms with Gasteiger partial charge in [0, 0.05) is 6.04 Å². The Morgan fingerprint density at radius 2 is 2.10 bits per heavy atom. The smallest absolute Gasteiger partial charge is 0.240 e. The molecule has 106 valence electrons. The van der Waals surface area contributed by atoms with Crippen molar-refractivity contribution in [2.45, 2.75) is 39.2 Å². The third-order valence-electron chi connectivity index (χ3n) is 3.88. The van der Waals surface area contributed by atoms with Crippen LogP contribution in [0.5, 0.6) is 0 Å². The van der Waals surface area contributed by atoms with E-state index < -0.39 is 5.41 Å². The van der Waals surface area contributed by atoms with Gasteiger partial charge in [0.1, 0.15) is 11.2 Å². The van der Waals surface area contributed by atoms with Crippen molar-refractivity contribution in [3.63, 3.8) is 0 Å². The van der Waals surface area contributed by atoms with Crippen LogP contribution in [0.15, 0.2) is 24.3 Å². The zero-order valence-corrected chi connectivity index (χ0v) is 11.8. The third-order valence-corrected chi connectivity index (χ3v) is 3.88.